The van der Waals surface area contributed by atoms with E-state index in [4.69, 9.17) is 45.3 Å². The van der Waals surface area contributed by atoms with Gasteiger partial charge in [-0.3, -0.25) is 67.7 Å². The Bertz CT molecular complexity index is 4780. The molecule has 5 aliphatic rings. The summed E-state index contributed by atoms with van der Waals surface area (Å²) in [5, 5.41) is 73.1. The molecule has 9 rings (SSSR count). The number of amides is 7. The van der Waals surface area contributed by atoms with Gasteiger partial charge in [-0.15, -0.1) is 0 Å². The number of carboxylic acids is 1. The molecule has 35 nitrogen and oxygen atoms in total. The van der Waals surface area contributed by atoms with Gasteiger partial charge in [0.2, 0.25) is 41.5 Å². The van der Waals surface area contributed by atoms with Crippen molar-refractivity contribution in [3.05, 3.63) is 155 Å². The molecule has 3 aliphatic carbocycles. The summed E-state index contributed by atoms with van der Waals surface area (Å²) in [6, 6.07) is 26.4. The third-order valence-corrected chi connectivity index (χ3v) is 24.8. The fourth-order valence-corrected chi connectivity index (χ4v) is 17.8. The lowest BCUT2D eigenvalue weighted by molar-refractivity contribution is -0.346. The SMILES string of the molecule is CC(=O)O[C@H]1C(=O)[C@@]2(C)[C@H]([C@H](OC(=O)c3ccccc3)[C@]3(O)C[C@H](OC(=O)[C@H](OC(=O)CCC(C)(C#N)C(CC(C)(C)CCC(=O)CCCCCC4NC(=O)C(Cc5ccccc5)NC(=O)C(CC(=O)O)NC(=O)CNC(=O)C(CCCNC(=N)N)NC4=O)C(N)=O)[C@@H](NC(=O)c4ccccc4)c4ccccc4)C(C)=C1C3(C)C)[C@]1(OC(C)=O)CO[C@@H]1C[C@@H]2O. The minimum atomic E-state index is -2.62. The fraction of sp³-hybridized carbons (Fsp3) is 0.522. The first-order valence-corrected chi connectivity index (χ1v) is 41.7. The summed E-state index contributed by atoms with van der Waals surface area (Å²) >= 11 is 0. The van der Waals surface area contributed by atoms with Crippen LogP contribution in [0, 0.1) is 50.2 Å². The zero-order valence-corrected chi connectivity index (χ0v) is 71.5. The van der Waals surface area contributed by atoms with Crippen LogP contribution in [0.1, 0.15) is 197 Å². The average molecular weight is 1730 g/mol. The van der Waals surface area contributed by atoms with Crippen LogP contribution in [-0.4, -0.2) is 202 Å². The quantitative estimate of drug-likeness (QED) is 0.00755. The molecule has 2 saturated heterocycles. The van der Waals surface area contributed by atoms with Gasteiger partial charge in [-0.05, 0) is 118 Å². The number of rotatable bonds is 35. The van der Waals surface area contributed by atoms with Crippen molar-refractivity contribution < 1.29 is 116 Å². The number of carbonyl (C=O) groups excluding carboxylic acids is 14. The maximum atomic E-state index is 16.1. The molecule has 2 bridgehead atoms. The summed E-state index contributed by atoms with van der Waals surface area (Å²) < 4.78 is 37.5. The predicted octanol–water partition coefficient (Wildman–Crippen LogP) is 4.46. The largest absolute Gasteiger partial charge is 0.481 e. The summed E-state index contributed by atoms with van der Waals surface area (Å²) in [5.41, 5.74) is 0.967. The van der Waals surface area contributed by atoms with Gasteiger partial charge in [0.1, 0.15) is 59.9 Å². The minimum Gasteiger partial charge on any atom is -0.481 e. The summed E-state index contributed by atoms with van der Waals surface area (Å²) in [6.07, 6.45) is -13.2. The van der Waals surface area contributed by atoms with E-state index in [0.29, 0.717) is 12.0 Å². The molecule has 4 fully saturated rings. The Morgan fingerprint density at radius 1 is 0.704 bits per heavy atom. The molecule has 672 valence electrons. The highest BCUT2D eigenvalue weighted by molar-refractivity contribution is 6.00. The number of nitrogens with two attached hydrogens (primary N) is 2. The molecule has 4 aromatic carbocycles. The maximum Gasteiger partial charge on any atom is 0.350 e. The van der Waals surface area contributed by atoms with Crippen molar-refractivity contribution in [3.8, 4) is 6.07 Å². The van der Waals surface area contributed by atoms with Gasteiger partial charge in [-0.25, -0.2) is 9.59 Å². The molecule has 15 N–H and O–H groups in total. The number of aliphatic hydroxyl groups is 2. The van der Waals surface area contributed by atoms with Gasteiger partial charge in [0.15, 0.2) is 23.4 Å². The van der Waals surface area contributed by atoms with Crippen molar-refractivity contribution in [2.24, 2.45) is 45.0 Å². The Kier molecular flexibility index (Phi) is 32.0. The number of aliphatic hydroxyl groups excluding tert-OH is 1. The molecule has 35 heteroatoms. The van der Waals surface area contributed by atoms with Crippen molar-refractivity contribution in [3.63, 3.8) is 0 Å². The van der Waals surface area contributed by atoms with Crippen LogP contribution in [0.25, 0.3) is 0 Å². The lowest BCUT2D eigenvalue weighted by Gasteiger charge is -2.67. The van der Waals surface area contributed by atoms with Crippen LogP contribution >= 0.6 is 0 Å². The molecule has 2 heterocycles. The van der Waals surface area contributed by atoms with Gasteiger partial charge < -0.3 is 92.4 Å². The number of nitrogens with one attached hydrogen (secondary N) is 8. The van der Waals surface area contributed by atoms with Crippen LogP contribution in [0.4, 0.5) is 0 Å². The number of carbonyl (C=O) groups is 15. The number of guanidine groups is 1. The Morgan fingerprint density at radius 3 is 1.87 bits per heavy atom. The molecule has 4 aromatic rings. The Balaban J connectivity index is 0.939. The van der Waals surface area contributed by atoms with E-state index in [1.807, 2.05) is 0 Å². The van der Waals surface area contributed by atoms with Crippen molar-refractivity contribution >= 4 is 94.7 Å². The van der Waals surface area contributed by atoms with Crippen LogP contribution in [0.5, 0.6) is 0 Å². The highest BCUT2D eigenvalue weighted by Gasteiger charge is 2.78. The normalized spacial score (nSPS) is 26.2. The first kappa shape index (κ1) is 96.5. The molecule has 125 heavy (non-hydrogen) atoms. The summed E-state index contributed by atoms with van der Waals surface area (Å²) in [4.78, 5) is 212. The van der Waals surface area contributed by atoms with Gasteiger partial charge in [0.05, 0.1) is 60.0 Å². The molecule has 17 atom stereocenters. The van der Waals surface area contributed by atoms with E-state index in [1.165, 1.54) is 71.0 Å². The second kappa shape index (κ2) is 41.5. The Hall–Kier alpha value is -12.3. The number of ketones is 2. The zero-order chi connectivity index (χ0) is 91.7. The topological polar surface area (TPSA) is 556 Å². The lowest BCUT2D eigenvalue weighted by atomic mass is 9.44. The molecule has 2 saturated carbocycles. The standard InChI is InChI=1S/C90H113N11O24/c1-50-63(46-90(119)75(124-82(117)56-32-21-13-22-33-56)73-88(9,64(105)44-65-89(73,49-120-65)125-52(3)103)74(110)71(121-51(2)102)69(50)86(90,6)7)122-83(118)72(70(54-28-17-11-18-29-54)101-77(112)55-30-19-12-20-31-55)123-68(109)38-40-87(8,48-91)58(76(92)111)45-85(4,5)39-37-57(104)34-23-14-24-35-60-79(114)98-59(36-25-41-95-84(93)94)78(113)96-47-66(106)97-62(43-67(107)108)81(116)100-61(80(115)99-60)42-53-26-15-10-16-27-53/h10-13,15-22,26-33,58-65,70-73,75,105,119H,14,23-25,34-47,49H2,1-9H3,(H2,92,111)(H,96,113)(H,97,106)(H,98,114)(H,99,115)(H,100,116)(H,101,112)(H,107,108)(H4,93,94,95)/t58?,59?,60?,61?,62?,63-,64-,65+,70-,71+,72+,73-,75-,87?,88+,89-,90+/m0/s1. The number of carboxylic acid groups (broad SMARTS) is 1. The molecular weight excluding hydrogens is 1620 g/mol. The second-order valence-corrected chi connectivity index (χ2v) is 34.6. The number of aliphatic carboxylic acids is 1. The Morgan fingerprint density at radius 2 is 1.29 bits per heavy atom. The number of Topliss-reactive ketones (excluding diaryl/α,β-unsaturated/α-hetero) is 2. The second-order valence-electron chi connectivity index (χ2n) is 34.6. The van der Waals surface area contributed by atoms with Crippen LogP contribution in [0.2, 0.25) is 0 Å². The molecule has 6 unspecified atom stereocenters. The number of ether oxygens (including phenoxy) is 6. The number of nitrogens with zero attached hydrogens (tertiary/aromatic N) is 1. The summed E-state index contributed by atoms with van der Waals surface area (Å²) in [5.74, 6) is -17.7. The lowest BCUT2D eigenvalue weighted by Crippen LogP contribution is -2.82. The molecule has 0 radical (unpaired) electrons. The van der Waals surface area contributed by atoms with E-state index in [2.05, 4.69) is 43.3 Å². The van der Waals surface area contributed by atoms with Gasteiger partial charge in [0.25, 0.3) is 5.91 Å². The third kappa shape index (κ3) is 23.2. The first-order chi connectivity index (χ1) is 59.0. The number of hydrogen-bond donors (Lipinski definition) is 13. The van der Waals surface area contributed by atoms with Crippen LogP contribution < -0.4 is 48.7 Å². The molecule has 2 aliphatic heterocycles. The average Bonchev–Trinajstić information content (AvgIpc) is 0.667. The third-order valence-electron chi connectivity index (χ3n) is 24.8. The van der Waals surface area contributed by atoms with E-state index in [0.717, 1.165) is 13.8 Å². The number of esters is 5. The molecular formula is C90H113N11O24. The summed E-state index contributed by atoms with van der Waals surface area (Å²) in [6.45, 7) is 11.8. The highest BCUT2D eigenvalue weighted by atomic mass is 16.6. The monoisotopic (exact) mass is 1730 g/mol. The highest BCUT2D eigenvalue weighted by Crippen LogP contribution is 2.65. The molecule has 0 spiro atoms. The van der Waals surface area contributed by atoms with Crippen LogP contribution in [0.15, 0.2) is 132 Å². The van der Waals surface area contributed by atoms with Crippen LogP contribution in [-0.2, 0) is 97.2 Å². The van der Waals surface area contributed by atoms with Crippen LogP contribution in [0.3, 0.4) is 0 Å². The van der Waals surface area contributed by atoms with Gasteiger partial charge in [-0.1, -0.05) is 138 Å². The number of unbranched alkanes of at least 4 members (excludes halogenated alkanes) is 2. The smallest absolute Gasteiger partial charge is 0.350 e. The van der Waals surface area contributed by atoms with Gasteiger partial charge in [0, 0.05) is 69.9 Å². The van der Waals surface area contributed by atoms with Crippen molar-refractivity contribution in [1.29, 1.82) is 10.7 Å². The van der Waals surface area contributed by atoms with Gasteiger partial charge >= 0.3 is 35.8 Å². The fourth-order valence-electron chi connectivity index (χ4n) is 17.8. The van der Waals surface area contributed by atoms with E-state index in [-0.39, 0.29) is 117 Å². The van der Waals surface area contributed by atoms with E-state index in [9.17, 15) is 82.9 Å². The molecule has 7 amide bonds. The van der Waals surface area contributed by atoms with Gasteiger partial charge in [-0.2, -0.15) is 5.26 Å². The first-order valence-electron chi connectivity index (χ1n) is 41.7. The minimum absolute atomic E-state index is 0.00942. The zero-order valence-electron chi connectivity index (χ0n) is 71.5. The van der Waals surface area contributed by atoms with Crippen molar-refractivity contribution in [2.75, 3.05) is 19.7 Å². The van der Waals surface area contributed by atoms with E-state index < -0.39 is 233 Å². The maximum absolute atomic E-state index is 16.1. The number of hydrogen-bond acceptors (Lipinski definition) is 25. The Labute approximate surface area is 723 Å². The van der Waals surface area contributed by atoms with E-state index in [1.54, 1.807) is 98.8 Å². The van der Waals surface area contributed by atoms with Crippen molar-refractivity contribution in [1.82, 2.24) is 37.2 Å². The number of benzene rings is 4. The number of primary amides is 1. The number of fused-ring (bicyclic) bond motifs is 5. The van der Waals surface area contributed by atoms with Crippen molar-refractivity contribution in [2.45, 2.75) is 243 Å². The number of nitriles is 1. The summed E-state index contributed by atoms with van der Waals surface area (Å²) in [7, 11) is 0. The van der Waals surface area contributed by atoms with E-state index >= 15 is 9.59 Å². The predicted molar refractivity (Wildman–Crippen MR) is 445 cm³/mol. The molecule has 0 aromatic heterocycles.